The summed E-state index contributed by atoms with van der Waals surface area (Å²) in [4.78, 5) is 54.3. The van der Waals surface area contributed by atoms with Gasteiger partial charge >= 0.3 is 5.97 Å². The second-order valence-electron chi connectivity index (χ2n) is 10.8. The fourth-order valence-electron chi connectivity index (χ4n) is 4.39. The SMILES string of the molecule is CC(C)CC(NC(=O)C(NC(=O)C(N)CCCCN)C(C)C)C(=O)NC(Cc1c[nH]c2ccccc12)C(=O)O. The van der Waals surface area contributed by atoms with Gasteiger partial charge in [-0.05, 0) is 49.3 Å². The van der Waals surface area contributed by atoms with Crippen molar-refractivity contribution in [1.29, 1.82) is 0 Å². The highest BCUT2D eigenvalue weighted by Gasteiger charge is 2.32. The number of carboxylic acids is 1. The number of nitrogens with two attached hydrogens (primary N) is 2. The lowest BCUT2D eigenvalue weighted by atomic mass is 9.98. The molecule has 0 bridgehead atoms. The van der Waals surface area contributed by atoms with E-state index in [-0.39, 0.29) is 24.7 Å². The number of hydrogen-bond acceptors (Lipinski definition) is 6. The van der Waals surface area contributed by atoms with Gasteiger partial charge in [0.2, 0.25) is 17.7 Å². The molecule has 39 heavy (non-hydrogen) atoms. The summed E-state index contributed by atoms with van der Waals surface area (Å²) in [7, 11) is 0. The Labute approximate surface area is 229 Å². The predicted molar refractivity (Wildman–Crippen MR) is 151 cm³/mol. The zero-order valence-corrected chi connectivity index (χ0v) is 23.3. The van der Waals surface area contributed by atoms with Crippen LogP contribution in [0.5, 0.6) is 0 Å². The van der Waals surface area contributed by atoms with Gasteiger partial charge in [-0.15, -0.1) is 0 Å². The fourth-order valence-corrected chi connectivity index (χ4v) is 4.39. The van der Waals surface area contributed by atoms with E-state index >= 15 is 0 Å². The van der Waals surface area contributed by atoms with E-state index in [1.54, 1.807) is 20.0 Å². The molecule has 11 heteroatoms. The summed E-state index contributed by atoms with van der Waals surface area (Å²) in [6.07, 6.45) is 3.98. The highest BCUT2D eigenvalue weighted by Crippen LogP contribution is 2.19. The molecule has 216 valence electrons. The summed E-state index contributed by atoms with van der Waals surface area (Å²) in [6, 6.07) is 3.63. The van der Waals surface area contributed by atoms with E-state index in [9.17, 15) is 24.3 Å². The van der Waals surface area contributed by atoms with Crippen molar-refractivity contribution in [2.45, 2.75) is 84.0 Å². The highest BCUT2D eigenvalue weighted by molar-refractivity contribution is 5.94. The maximum Gasteiger partial charge on any atom is 0.326 e. The molecule has 1 aromatic carbocycles. The molecule has 0 saturated carbocycles. The van der Waals surface area contributed by atoms with Gasteiger partial charge < -0.3 is 37.5 Å². The summed E-state index contributed by atoms with van der Waals surface area (Å²) in [5.74, 6) is -3.01. The molecule has 0 radical (unpaired) electrons. The maximum atomic E-state index is 13.3. The number of hydrogen-bond donors (Lipinski definition) is 7. The first kappa shape index (κ1) is 31.8. The Kier molecular flexibility index (Phi) is 12.4. The van der Waals surface area contributed by atoms with Crippen LogP contribution < -0.4 is 27.4 Å². The molecule has 0 aliphatic rings. The Hall–Kier alpha value is -3.44. The number of amides is 3. The Balaban J connectivity index is 2.12. The number of aromatic amines is 1. The van der Waals surface area contributed by atoms with Crippen molar-refractivity contribution >= 4 is 34.6 Å². The number of aromatic nitrogens is 1. The van der Waals surface area contributed by atoms with Crippen LogP contribution in [0.3, 0.4) is 0 Å². The molecule has 2 rings (SSSR count). The van der Waals surface area contributed by atoms with Crippen LogP contribution in [0, 0.1) is 11.8 Å². The Morgan fingerprint density at radius 1 is 0.923 bits per heavy atom. The number of aliphatic carboxylic acids is 1. The van der Waals surface area contributed by atoms with Crippen molar-refractivity contribution < 1.29 is 24.3 Å². The number of benzene rings is 1. The maximum absolute atomic E-state index is 13.3. The largest absolute Gasteiger partial charge is 0.480 e. The van der Waals surface area contributed by atoms with Gasteiger partial charge in [0.05, 0.1) is 6.04 Å². The molecule has 9 N–H and O–H groups in total. The van der Waals surface area contributed by atoms with Crippen LogP contribution >= 0.6 is 0 Å². The minimum Gasteiger partial charge on any atom is -0.480 e. The fraction of sp³-hybridized carbons (Fsp3) is 0.571. The first-order chi connectivity index (χ1) is 18.4. The molecule has 0 aliphatic heterocycles. The number of carbonyl (C=O) groups excluding carboxylic acids is 3. The lowest BCUT2D eigenvalue weighted by Gasteiger charge is -2.27. The van der Waals surface area contributed by atoms with Crippen molar-refractivity contribution in [3.63, 3.8) is 0 Å². The third-order valence-electron chi connectivity index (χ3n) is 6.61. The monoisotopic (exact) mass is 544 g/mol. The predicted octanol–water partition coefficient (Wildman–Crippen LogP) is 1.41. The van der Waals surface area contributed by atoms with E-state index in [4.69, 9.17) is 11.5 Å². The minimum absolute atomic E-state index is 0.0287. The van der Waals surface area contributed by atoms with Crippen LogP contribution in [-0.2, 0) is 25.6 Å². The average molecular weight is 545 g/mol. The van der Waals surface area contributed by atoms with E-state index in [0.29, 0.717) is 19.4 Å². The van der Waals surface area contributed by atoms with Gasteiger partial charge in [0.1, 0.15) is 18.1 Å². The Morgan fingerprint density at radius 2 is 1.59 bits per heavy atom. The van der Waals surface area contributed by atoms with Crippen LogP contribution in [-0.4, -0.2) is 64.5 Å². The third-order valence-corrected chi connectivity index (χ3v) is 6.61. The molecule has 4 atom stereocenters. The van der Waals surface area contributed by atoms with Crippen LogP contribution in [0.25, 0.3) is 10.9 Å². The second kappa shape index (κ2) is 15.2. The van der Waals surface area contributed by atoms with Crippen LogP contribution in [0.2, 0.25) is 0 Å². The molecule has 3 amide bonds. The molecule has 1 aromatic heterocycles. The highest BCUT2D eigenvalue weighted by atomic mass is 16.4. The molecule has 0 saturated heterocycles. The molecule has 2 aromatic rings. The molecule has 11 nitrogen and oxygen atoms in total. The average Bonchev–Trinajstić information content (AvgIpc) is 3.28. The normalized spacial score (nSPS) is 14.6. The summed E-state index contributed by atoms with van der Waals surface area (Å²) in [5, 5.41) is 18.8. The Morgan fingerprint density at radius 3 is 2.21 bits per heavy atom. The van der Waals surface area contributed by atoms with Gasteiger partial charge in [0, 0.05) is 23.5 Å². The first-order valence-electron chi connectivity index (χ1n) is 13.6. The zero-order chi connectivity index (χ0) is 29.1. The van der Waals surface area contributed by atoms with E-state index < -0.39 is 47.9 Å². The van der Waals surface area contributed by atoms with Crippen molar-refractivity contribution in [1.82, 2.24) is 20.9 Å². The van der Waals surface area contributed by atoms with Crippen LogP contribution in [0.15, 0.2) is 30.5 Å². The van der Waals surface area contributed by atoms with Crippen molar-refractivity contribution in [3.8, 4) is 0 Å². The lowest BCUT2D eigenvalue weighted by Crippen LogP contribution is -2.58. The first-order valence-corrected chi connectivity index (χ1v) is 13.6. The lowest BCUT2D eigenvalue weighted by molar-refractivity contribution is -0.142. The van der Waals surface area contributed by atoms with E-state index in [2.05, 4.69) is 20.9 Å². The van der Waals surface area contributed by atoms with Crippen LogP contribution in [0.4, 0.5) is 0 Å². The minimum atomic E-state index is -1.20. The number of nitrogens with one attached hydrogen (secondary N) is 4. The Bertz CT molecular complexity index is 1110. The van der Waals surface area contributed by atoms with Gasteiger partial charge in [0.15, 0.2) is 0 Å². The van der Waals surface area contributed by atoms with Gasteiger partial charge in [-0.3, -0.25) is 14.4 Å². The quantitative estimate of drug-likeness (QED) is 0.155. The molecule has 0 fully saturated rings. The van der Waals surface area contributed by atoms with Crippen molar-refractivity contribution in [3.05, 3.63) is 36.0 Å². The van der Waals surface area contributed by atoms with Gasteiger partial charge in [-0.25, -0.2) is 4.79 Å². The summed E-state index contributed by atoms with van der Waals surface area (Å²) >= 11 is 0. The summed E-state index contributed by atoms with van der Waals surface area (Å²) in [6.45, 7) is 7.87. The van der Waals surface area contributed by atoms with Crippen molar-refractivity contribution in [2.24, 2.45) is 23.3 Å². The van der Waals surface area contributed by atoms with Gasteiger partial charge in [-0.2, -0.15) is 0 Å². The molecule has 0 aliphatic carbocycles. The number of para-hydroxylation sites is 1. The topological polar surface area (TPSA) is 192 Å². The molecule has 0 spiro atoms. The van der Waals surface area contributed by atoms with E-state index in [1.165, 1.54) is 0 Å². The number of rotatable bonds is 16. The van der Waals surface area contributed by atoms with Gasteiger partial charge in [-0.1, -0.05) is 52.3 Å². The number of fused-ring (bicyclic) bond motifs is 1. The number of unbranched alkanes of at least 4 members (excludes halogenated alkanes) is 1. The number of carbonyl (C=O) groups is 4. The molecule has 4 unspecified atom stereocenters. The van der Waals surface area contributed by atoms with Gasteiger partial charge in [0.25, 0.3) is 0 Å². The van der Waals surface area contributed by atoms with Crippen molar-refractivity contribution in [2.75, 3.05) is 6.54 Å². The summed E-state index contributed by atoms with van der Waals surface area (Å²) in [5.41, 5.74) is 13.1. The number of carboxylic acid groups (broad SMARTS) is 1. The molecule has 1 heterocycles. The second-order valence-corrected chi connectivity index (χ2v) is 10.8. The smallest absolute Gasteiger partial charge is 0.326 e. The molecular formula is C28H44N6O5. The van der Waals surface area contributed by atoms with Crippen LogP contribution in [0.1, 0.15) is 58.9 Å². The number of H-pyrrole nitrogens is 1. The standard InChI is InChI=1S/C28H44N6O5/c1-16(2)13-22(32-27(37)24(17(3)4)34-25(35)20(30)10-7-8-12-29)26(36)33-23(28(38)39)14-18-15-31-21-11-6-5-9-19(18)21/h5-6,9,11,15-17,20,22-24,31H,7-8,10,12-14,29-30H2,1-4H3,(H,32,37)(H,33,36)(H,34,35)(H,38,39). The molecular weight excluding hydrogens is 500 g/mol. The van der Waals surface area contributed by atoms with E-state index in [1.807, 2.05) is 38.1 Å². The van der Waals surface area contributed by atoms with E-state index in [0.717, 1.165) is 22.9 Å². The third kappa shape index (κ3) is 9.67. The summed E-state index contributed by atoms with van der Waals surface area (Å²) < 4.78 is 0. The zero-order valence-electron chi connectivity index (χ0n) is 23.3.